The number of fused-ring (bicyclic) bond motifs is 7. The maximum absolute atomic E-state index is 5.31. The number of hydrogen-bond donors (Lipinski definition) is 0. The van der Waals surface area contributed by atoms with Crippen molar-refractivity contribution >= 4 is 75.4 Å². The predicted molar refractivity (Wildman–Crippen MR) is 274 cm³/mol. The maximum Gasteiger partial charge on any atom is 0.0714 e. The second kappa shape index (κ2) is 14.6. The molecule has 0 aliphatic carbocycles. The number of nitrogens with zero attached hydrogens (tertiary/aromatic N) is 1. The lowest BCUT2D eigenvalue weighted by molar-refractivity contribution is 1.34. The molecule has 0 radical (unpaired) electrons. The molecule has 0 aliphatic heterocycles. The first kappa shape index (κ1) is 36.3. The Kier molecular flexibility index (Phi) is 8.29. The Morgan fingerprint density at radius 1 is 0.203 bits per heavy atom. The van der Waals surface area contributed by atoms with Gasteiger partial charge >= 0.3 is 0 Å². The van der Waals surface area contributed by atoms with E-state index in [1.165, 1.54) is 109 Å². The fourth-order valence-corrected chi connectivity index (χ4v) is 10.4. The van der Waals surface area contributed by atoms with Gasteiger partial charge in [0, 0.05) is 17.3 Å². The summed E-state index contributed by atoms with van der Waals surface area (Å²) in [5, 5.41) is 17.2. The van der Waals surface area contributed by atoms with Crippen LogP contribution in [0.5, 0.6) is 0 Å². The van der Waals surface area contributed by atoms with Crippen LogP contribution in [0.1, 0.15) is 0 Å². The van der Waals surface area contributed by atoms with Gasteiger partial charge in [-0.1, -0.05) is 200 Å². The zero-order valence-electron chi connectivity index (χ0n) is 35.0. The average molecular weight is 810 g/mol. The lowest BCUT2D eigenvalue weighted by Gasteiger charge is -2.19. The molecule has 0 bridgehead atoms. The summed E-state index contributed by atoms with van der Waals surface area (Å²) in [4.78, 5) is 5.31. The first-order chi connectivity index (χ1) is 31.7. The maximum atomic E-state index is 5.31. The highest BCUT2D eigenvalue weighted by Gasteiger charge is 2.20. The van der Waals surface area contributed by atoms with Crippen LogP contribution in [0.25, 0.3) is 131 Å². The van der Waals surface area contributed by atoms with E-state index in [0.29, 0.717) is 0 Å². The van der Waals surface area contributed by atoms with Gasteiger partial charge in [0.1, 0.15) is 0 Å². The van der Waals surface area contributed by atoms with Crippen molar-refractivity contribution in [3.8, 4) is 55.8 Å². The number of pyridine rings is 1. The summed E-state index contributed by atoms with van der Waals surface area (Å²) in [7, 11) is 0. The van der Waals surface area contributed by atoms with Crippen molar-refractivity contribution < 1.29 is 0 Å². The summed E-state index contributed by atoms with van der Waals surface area (Å²) in [5.74, 6) is 0. The standard InChI is InChI=1S/C63H39N/c1-4-16-43-35-47(28-25-40(43)13-1)60-53-21-9-11-23-55(53)63(56-24-12-10-22-54(56)60)59-34-32-50(39-64-59)46-31-33-57-58(38-46)62(49-30-27-42-15-3-6-18-45(42)37-49)52-20-8-7-19-51(52)61(57)48-29-26-41-14-2-5-17-44(41)36-48/h1-39H. The Labute approximate surface area is 371 Å². The van der Waals surface area contributed by atoms with Crippen molar-refractivity contribution in [2.24, 2.45) is 0 Å². The van der Waals surface area contributed by atoms with Crippen LogP contribution in [0.3, 0.4) is 0 Å². The Hall–Kier alpha value is -8.39. The Morgan fingerprint density at radius 3 is 0.938 bits per heavy atom. The minimum absolute atomic E-state index is 0.962. The molecule has 12 aromatic carbocycles. The molecule has 1 heterocycles. The van der Waals surface area contributed by atoms with Crippen LogP contribution in [-0.4, -0.2) is 4.98 Å². The smallest absolute Gasteiger partial charge is 0.0714 e. The molecule has 0 N–H and O–H groups in total. The predicted octanol–water partition coefficient (Wildman–Crippen LogP) is 17.5. The fraction of sp³-hybridized carbons (Fsp3) is 0. The number of rotatable bonds is 5. The molecule has 13 rings (SSSR count). The highest BCUT2D eigenvalue weighted by atomic mass is 14.7. The van der Waals surface area contributed by atoms with Gasteiger partial charge in [0.2, 0.25) is 0 Å². The Bertz CT molecular complexity index is 3950. The lowest BCUT2D eigenvalue weighted by Crippen LogP contribution is -1.93. The summed E-state index contributed by atoms with van der Waals surface area (Å²) in [6.07, 6.45) is 2.07. The molecule has 64 heavy (non-hydrogen) atoms. The normalized spacial score (nSPS) is 11.8. The van der Waals surface area contributed by atoms with Crippen LogP contribution in [0.2, 0.25) is 0 Å². The summed E-state index contributed by atoms with van der Waals surface area (Å²) in [5.41, 5.74) is 11.7. The molecule has 296 valence electrons. The number of benzene rings is 12. The molecule has 0 aliphatic rings. The van der Waals surface area contributed by atoms with Crippen molar-refractivity contribution in [1.29, 1.82) is 0 Å². The molecule has 0 atom stereocenters. The van der Waals surface area contributed by atoms with E-state index >= 15 is 0 Å². The second-order valence-corrected chi connectivity index (χ2v) is 17.0. The molecule has 1 aromatic heterocycles. The Balaban J connectivity index is 1.00. The van der Waals surface area contributed by atoms with Crippen LogP contribution < -0.4 is 0 Å². The van der Waals surface area contributed by atoms with E-state index in [9.17, 15) is 0 Å². The van der Waals surface area contributed by atoms with Gasteiger partial charge in [0.25, 0.3) is 0 Å². The van der Waals surface area contributed by atoms with Gasteiger partial charge < -0.3 is 0 Å². The lowest BCUT2D eigenvalue weighted by atomic mass is 9.84. The van der Waals surface area contributed by atoms with Crippen molar-refractivity contribution in [3.63, 3.8) is 0 Å². The van der Waals surface area contributed by atoms with E-state index in [1.54, 1.807) is 0 Å². The highest BCUT2D eigenvalue weighted by Crippen LogP contribution is 2.47. The van der Waals surface area contributed by atoms with Gasteiger partial charge in [-0.25, -0.2) is 0 Å². The van der Waals surface area contributed by atoms with Crippen LogP contribution >= 0.6 is 0 Å². The monoisotopic (exact) mass is 809 g/mol. The van der Waals surface area contributed by atoms with Gasteiger partial charge in [-0.2, -0.15) is 0 Å². The largest absolute Gasteiger partial charge is 0.256 e. The van der Waals surface area contributed by atoms with Crippen molar-refractivity contribution in [2.75, 3.05) is 0 Å². The molecule has 13 aromatic rings. The van der Waals surface area contributed by atoms with E-state index in [4.69, 9.17) is 4.98 Å². The van der Waals surface area contributed by atoms with Crippen LogP contribution in [-0.2, 0) is 0 Å². The third kappa shape index (κ3) is 5.82. The van der Waals surface area contributed by atoms with Gasteiger partial charge in [0.05, 0.1) is 5.69 Å². The molecule has 0 amide bonds. The van der Waals surface area contributed by atoms with Gasteiger partial charge in [-0.15, -0.1) is 0 Å². The van der Waals surface area contributed by atoms with Crippen LogP contribution in [0.15, 0.2) is 237 Å². The quantitative estimate of drug-likeness (QED) is 0.158. The van der Waals surface area contributed by atoms with Gasteiger partial charge in [0.15, 0.2) is 0 Å². The molecule has 0 unspecified atom stereocenters. The highest BCUT2D eigenvalue weighted by molar-refractivity contribution is 6.23. The van der Waals surface area contributed by atoms with E-state index in [0.717, 1.165) is 22.4 Å². The van der Waals surface area contributed by atoms with Crippen LogP contribution in [0.4, 0.5) is 0 Å². The molecule has 0 saturated carbocycles. The van der Waals surface area contributed by atoms with Crippen molar-refractivity contribution in [2.45, 2.75) is 0 Å². The fourth-order valence-electron chi connectivity index (χ4n) is 10.4. The topological polar surface area (TPSA) is 12.9 Å². The SMILES string of the molecule is c1ccc2cc(-c3c4ccccc4c(-c4ccc5ccccc5c4)c4cc(-c5ccc(-c6c7ccccc7c(-c7ccc8ccccc8c7)c7ccccc67)nc5)ccc34)ccc2c1. The van der Waals surface area contributed by atoms with Crippen molar-refractivity contribution in [3.05, 3.63) is 237 Å². The zero-order valence-corrected chi connectivity index (χ0v) is 35.0. The number of hydrogen-bond acceptors (Lipinski definition) is 1. The molecule has 0 spiro atoms. The minimum atomic E-state index is 0.962. The molecule has 1 heteroatoms. The van der Waals surface area contributed by atoms with Gasteiger partial charge in [-0.05, 0) is 145 Å². The molecular weight excluding hydrogens is 771 g/mol. The van der Waals surface area contributed by atoms with E-state index in [-0.39, 0.29) is 0 Å². The molecule has 0 fully saturated rings. The van der Waals surface area contributed by atoms with Gasteiger partial charge in [-0.3, -0.25) is 4.98 Å². The Morgan fingerprint density at radius 2 is 0.531 bits per heavy atom. The van der Waals surface area contributed by atoms with Crippen molar-refractivity contribution in [1.82, 2.24) is 4.98 Å². The average Bonchev–Trinajstić information content (AvgIpc) is 3.36. The second-order valence-electron chi connectivity index (χ2n) is 17.0. The minimum Gasteiger partial charge on any atom is -0.256 e. The molecule has 1 nitrogen and oxygen atoms in total. The molecule has 0 saturated heterocycles. The summed E-state index contributed by atoms with van der Waals surface area (Å²) in [6, 6.07) is 84.7. The van der Waals surface area contributed by atoms with E-state index in [1.807, 2.05) is 0 Å². The van der Waals surface area contributed by atoms with E-state index in [2.05, 4.69) is 237 Å². The first-order valence-corrected chi connectivity index (χ1v) is 22.1. The van der Waals surface area contributed by atoms with Crippen LogP contribution in [0, 0.1) is 0 Å². The summed E-state index contributed by atoms with van der Waals surface area (Å²) < 4.78 is 0. The summed E-state index contributed by atoms with van der Waals surface area (Å²) in [6.45, 7) is 0. The third-order valence-electron chi connectivity index (χ3n) is 13.4. The third-order valence-corrected chi connectivity index (χ3v) is 13.4. The summed E-state index contributed by atoms with van der Waals surface area (Å²) >= 11 is 0. The zero-order chi connectivity index (χ0) is 42.1. The first-order valence-electron chi connectivity index (χ1n) is 22.1. The number of aromatic nitrogens is 1. The molecular formula is C63H39N. The van der Waals surface area contributed by atoms with E-state index < -0.39 is 0 Å².